The van der Waals surface area contributed by atoms with Crippen LogP contribution in [0.1, 0.15) is 50.5 Å². The van der Waals surface area contributed by atoms with Crippen LogP contribution in [0.4, 0.5) is 0 Å². The Bertz CT molecular complexity index is 294. The van der Waals surface area contributed by atoms with E-state index >= 15 is 0 Å². The molecule has 0 aliphatic carbocycles. The lowest BCUT2D eigenvalue weighted by Crippen LogP contribution is -2.06. The second-order valence-corrected chi connectivity index (χ2v) is 4.16. The predicted molar refractivity (Wildman–Crippen MR) is 62.6 cm³/mol. The van der Waals surface area contributed by atoms with Gasteiger partial charge in [0.15, 0.2) is 0 Å². The lowest BCUT2D eigenvalue weighted by atomic mass is 9.93. The summed E-state index contributed by atoms with van der Waals surface area (Å²) in [6.07, 6.45) is 4.56. The molecule has 0 fully saturated rings. The number of nitrogens with zero attached hydrogens (tertiary/aromatic N) is 1. The van der Waals surface area contributed by atoms with Gasteiger partial charge in [0.1, 0.15) is 0 Å². The van der Waals surface area contributed by atoms with Gasteiger partial charge in [-0.15, -0.1) is 0 Å². The van der Waals surface area contributed by atoms with E-state index in [4.69, 9.17) is 0 Å². The zero-order valence-electron chi connectivity index (χ0n) is 9.90. The van der Waals surface area contributed by atoms with E-state index < -0.39 is 0 Å². The molecular formula is C13H21NO. The molecule has 1 heterocycles. The first-order valence-electron chi connectivity index (χ1n) is 5.78. The Morgan fingerprint density at radius 1 is 1.33 bits per heavy atom. The minimum absolute atomic E-state index is 0.336. The zero-order chi connectivity index (χ0) is 11.3. The first-order valence-corrected chi connectivity index (χ1v) is 5.78. The Balaban J connectivity index is 2.64. The van der Waals surface area contributed by atoms with Gasteiger partial charge in [-0.1, -0.05) is 26.7 Å². The Morgan fingerprint density at radius 3 is 2.53 bits per heavy atom. The summed E-state index contributed by atoms with van der Waals surface area (Å²) < 4.78 is 0. The van der Waals surface area contributed by atoms with Gasteiger partial charge in [-0.05, 0) is 37.0 Å². The van der Waals surface area contributed by atoms with Crippen molar-refractivity contribution in [3.63, 3.8) is 0 Å². The maximum Gasteiger partial charge on any atom is 0.0793 e. The topological polar surface area (TPSA) is 33.1 Å². The SMILES string of the molecule is CCC(CC)CC(O)c1ccnc(C)c1. The van der Waals surface area contributed by atoms with E-state index in [1.807, 2.05) is 19.1 Å². The number of aryl methyl sites for hydroxylation is 1. The van der Waals surface area contributed by atoms with Crippen LogP contribution in [0.5, 0.6) is 0 Å². The van der Waals surface area contributed by atoms with E-state index in [2.05, 4.69) is 18.8 Å². The Morgan fingerprint density at radius 2 is 2.00 bits per heavy atom. The molecule has 0 spiro atoms. The molecule has 0 bridgehead atoms. The quantitative estimate of drug-likeness (QED) is 0.804. The molecule has 1 aromatic rings. The van der Waals surface area contributed by atoms with Crippen molar-refractivity contribution >= 4 is 0 Å². The van der Waals surface area contributed by atoms with Crippen LogP contribution in [0.25, 0.3) is 0 Å². The molecule has 0 amide bonds. The van der Waals surface area contributed by atoms with Gasteiger partial charge in [0.05, 0.1) is 6.10 Å². The van der Waals surface area contributed by atoms with Crippen molar-refractivity contribution in [2.24, 2.45) is 5.92 Å². The van der Waals surface area contributed by atoms with Crippen LogP contribution in [0.2, 0.25) is 0 Å². The van der Waals surface area contributed by atoms with Crippen molar-refractivity contribution in [1.82, 2.24) is 4.98 Å². The smallest absolute Gasteiger partial charge is 0.0793 e. The standard InChI is InChI=1S/C13H21NO/c1-4-11(5-2)9-13(15)12-6-7-14-10(3)8-12/h6-8,11,13,15H,4-5,9H2,1-3H3. The summed E-state index contributed by atoms with van der Waals surface area (Å²) >= 11 is 0. The molecule has 1 unspecified atom stereocenters. The van der Waals surface area contributed by atoms with Gasteiger partial charge in [0.2, 0.25) is 0 Å². The Labute approximate surface area is 92.4 Å². The summed E-state index contributed by atoms with van der Waals surface area (Å²) in [4.78, 5) is 4.13. The van der Waals surface area contributed by atoms with Crippen LogP contribution in [-0.2, 0) is 0 Å². The lowest BCUT2D eigenvalue weighted by Gasteiger charge is -2.17. The number of hydrogen-bond acceptors (Lipinski definition) is 2. The van der Waals surface area contributed by atoms with Gasteiger partial charge in [0, 0.05) is 11.9 Å². The fraction of sp³-hybridized carbons (Fsp3) is 0.615. The van der Waals surface area contributed by atoms with Gasteiger partial charge >= 0.3 is 0 Å². The van der Waals surface area contributed by atoms with E-state index in [9.17, 15) is 5.11 Å². The highest BCUT2D eigenvalue weighted by molar-refractivity contribution is 5.17. The Hall–Kier alpha value is -0.890. The van der Waals surface area contributed by atoms with Crippen LogP contribution < -0.4 is 0 Å². The van der Waals surface area contributed by atoms with Crippen LogP contribution in [-0.4, -0.2) is 10.1 Å². The monoisotopic (exact) mass is 207 g/mol. The first kappa shape index (κ1) is 12.2. The second-order valence-electron chi connectivity index (χ2n) is 4.16. The summed E-state index contributed by atoms with van der Waals surface area (Å²) in [5, 5.41) is 10.0. The second kappa shape index (κ2) is 5.86. The molecule has 0 aliphatic heterocycles. The van der Waals surface area contributed by atoms with E-state index in [-0.39, 0.29) is 6.10 Å². The number of pyridine rings is 1. The summed E-state index contributed by atoms with van der Waals surface area (Å²) in [6.45, 7) is 6.31. The highest BCUT2D eigenvalue weighted by Crippen LogP contribution is 2.24. The van der Waals surface area contributed by atoms with Gasteiger partial charge in [0.25, 0.3) is 0 Å². The molecule has 1 rings (SSSR count). The van der Waals surface area contributed by atoms with Crippen LogP contribution in [0.15, 0.2) is 18.3 Å². The largest absolute Gasteiger partial charge is 0.388 e. The van der Waals surface area contributed by atoms with E-state index in [1.165, 1.54) is 0 Å². The molecule has 2 nitrogen and oxygen atoms in total. The minimum atomic E-state index is -0.336. The number of aliphatic hydroxyl groups is 1. The maximum absolute atomic E-state index is 10.0. The van der Waals surface area contributed by atoms with E-state index in [1.54, 1.807) is 6.20 Å². The first-order chi connectivity index (χ1) is 7.17. The third-order valence-corrected chi connectivity index (χ3v) is 3.02. The zero-order valence-corrected chi connectivity index (χ0v) is 9.90. The van der Waals surface area contributed by atoms with Gasteiger partial charge in [-0.25, -0.2) is 0 Å². The van der Waals surface area contributed by atoms with Crippen LogP contribution in [0.3, 0.4) is 0 Å². The third kappa shape index (κ3) is 3.63. The fourth-order valence-corrected chi connectivity index (χ4v) is 1.85. The van der Waals surface area contributed by atoms with Gasteiger partial charge < -0.3 is 5.11 Å². The Kier molecular flexibility index (Phi) is 4.76. The summed E-state index contributed by atoms with van der Waals surface area (Å²) in [5.74, 6) is 0.619. The lowest BCUT2D eigenvalue weighted by molar-refractivity contribution is 0.141. The van der Waals surface area contributed by atoms with Crippen LogP contribution >= 0.6 is 0 Å². The molecule has 1 aromatic heterocycles. The fourth-order valence-electron chi connectivity index (χ4n) is 1.85. The molecule has 0 aromatic carbocycles. The maximum atomic E-state index is 10.0. The third-order valence-electron chi connectivity index (χ3n) is 3.02. The summed E-state index contributed by atoms with van der Waals surface area (Å²) in [6, 6.07) is 3.87. The molecule has 0 radical (unpaired) electrons. The predicted octanol–water partition coefficient (Wildman–Crippen LogP) is 3.25. The van der Waals surface area contributed by atoms with Crippen molar-refractivity contribution < 1.29 is 5.11 Å². The van der Waals surface area contributed by atoms with Gasteiger partial charge in [-0.2, -0.15) is 0 Å². The number of aromatic nitrogens is 1. The number of rotatable bonds is 5. The normalized spacial score (nSPS) is 13.1. The highest BCUT2D eigenvalue weighted by Gasteiger charge is 2.13. The highest BCUT2D eigenvalue weighted by atomic mass is 16.3. The minimum Gasteiger partial charge on any atom is -0.388 e. The van der Waals surface area contributed by atoms with E-state index in [0.29, 0.717) is 5.92 Å². The summed E-state index contributed by atoms with van der Waals surface area (Å²) in [7, 11) is 0. The molecular weight excluding hydrogens is 186 g/mol. The summed E-state index contributed by atoms with van der Waals surface area (Å²) in [5.41, 5.74) is 1.96. The van der Waals surface area contributed by atoms with Crippen molar-refractivity contribution in [3.8, 4) is 0 Å². The molecule has 84 valence electrons. The van der Waals surface area contributed by atoms with Crippen molar-refractivity contribution in [3.05, 3.63) is 29.6 Å². The molecule has 0 saturated carbocycles. The van der Waals surface area contributed by atoms with Crippen molar-refractivity contribution in [1.29, 1.82) is 0 Å². The molecule has 2 heteroatoms. The van der Waals surface area contributed by atoms with Crippen molar-refractivity contribution in [2.75, 3.05) is 0 Å². The van der Waals surface area contributed by atoms with Gasteiger partial charge in [-0.3, -0.25) is 4.98 Å². The average molecular weight is 207 g/mol. The number of hydrogen-bond donors (Lipinski definition) is 1. The molecule has 15 heavy (non-hydrogen) atoms. The molecule has 1 N–H and O–H groups in total. The molecule has 0 aliphatic rings. The molecule has 1 atom stereocenters. The van der Waals surface area contributed by atoms with Crippen molar-refractivity contribution in [2.45, 2.75) is 46.1 Å². The molecule has 0 saturated heterocycles. The number of aliphatic hydroxyl groups excluding tert-OH is 1. The van der Waals surface area contributed by atoms with Crippen LogP contribution in [0, 0.1) is 12.8 Å². The average Bonchev–Trinajstić information content (AvgIpc) is 2.25. The van der Waals surface area contributed by atoms with E-state index in [0.717, 1.165) is 30.5 Å².